The molecule has 0 aromatic heterocycles. The summed E-state index contributed by atoms with van der Waals surface area (Å²) in [5, 5.41) is 3.35. The largest absolute Gasteiger partial charge is 0.298 e. The van der Waals surface area contributed by atoms with E-state index in [4.69, 9.17) is 6.42 Å². The predicted molar refractivity (Wildman–Crippen MR) is 48.2 cm³/mol. The van der Waals surface area contributed by atoms with E-state index in [-0.39, 0.29) is 6.04 Å². The molecule has 0 spiro atoms. The monoisotopic (exact) mass is 149 g/mol. The summed E-state index contributed by atoms with van der Waals surface area (Å²) in [5.41, 5.74) is 0. The van der Waals surface area contributed by atoms with Gasteiger partial charge in [-0.2, -0.15) is 0 Å². The van der Waals surface area contributed by atoms with Crippen molar-refractivity contribution in [3.8, 4) is 12.3 Å². The molecule has 1 nitrogen and oxygen atoms in total. The second-order valence-corrected chi connectivity index (χ2v) is 3.02. The molecule has 0 fully saturated rings. The zero-order valence-corrected chi connectivity index (χ0v) is 7.01. The molecule has 0 saturated carbocycles. The van der Waals surface area contributed by atoms with Crippen molar-refractivity contribution >= 4 is 0 Å². The first-order valence-electron chi connectivity index (χ1n) is 4.22. The van der Waals surface area contributed by atoms with Crippen LogP contribution < -0.4 is 5.32 Å². The van der Waals surface area contributed by atoms with Crippen LogP contribution in [-0.4, -0.2) is 12.1 Å². The van der Waals surface area contributed by atoms with E-state index in [0.29, 0.717) is 6.04 Å². The SMILES string of the molecule is C#CC(C)NC1C=CCCC1. The minimum Gasteiger partial charge on any atom is -0.298 e. The van der Waals surface area contributed by atoms with Crippen LogP contribution >= 0.6 is 0 Å². The average Bonchev–Trinajstić information content (AvgIpc) is 2.06. The maximum Gasteiger partial charge on any atom is 0.0662 e. The van der Waals surface area contributed by atoms with Gasteiger partial charge in [0.1, 0.15) is 0 Å². The molecular weight excluding hydrogens is 134 g/mol. The third-order valence-corrected chi connectivity index (χ3v) is 1.97. The Morgan fingerprint density at radius 2 is 2.55 bits per heavy atom. The first kappa shape index (κ1) is 8.36. The summed E-state index contributed by atoms with van der Waals surface area (Å²) >= 11 is 0. The van der Waals surface area contributed by atoms with Gasteiger partial charge in [0.15, 0.2) is 0 Å². The second kappa shape index (κ2) is 4.20. The third kappa shape index (κ3) is 2.78. The molecule has 0 aromatic carbocycles. The molecule has 0 aromatic rings. The van der Waals surface area contributed by atoms with Gasteiger partial charge in [0.2, 0.25) is 0 Å². The van der Waals surface area contributed by atoms with Crippen LogP contribution in [0.15, 0.2) is 12.2 Å². The highest BCUT2D eigenvalue weighted by atomic mass is 14.9. The molecule has 11 heavy (non-hydrogen) atoms. The van der Waals surface area contributed by atoms with Crippen molar-refractivity contribution in [3.63, 3.8) is 0 Å². The van der Waals surface area contributed by atoms with Crippen molar-refractivity contribution in [3.05, 3.63) is 12.2 Å². The van der Waals surface area contributed by atoms with Crippen molar-refractivity contribution in [2.45, 2.75) is 38.3 Å². The van der Waals surface area contributed by atoms with Crippen molar-refractivity contribution < 1.29 is 0 Å². The van der Waals surface area contributed by atoms with Crippen LogP contribution in [0, 0.1) is 12.3 Å². The van der Waals surface area contributed by atoms with Crippen LogP contribution in [-0.2, 0) is 0 Å². The van der Waals surface area contributed by atoms with Crippen molar-refractivity contribution in [2.75, 3.05) is 0 Å². The highest BCUT2D eigenvalue weighted by molar-refractivity contribution is 5.03. The van der Waals surface area contributed by atoms with Crippen molar-refractivity contribution in [2.24, 2.45) is 0 Å². The van der Waals surface area contributed by atoms with Gasteiger partial charge in [0.05, 0.1) is 6.04 Å². The summed E-state index contributed by atoms with van der Waals surface area (Å²) in [6.45, 7) is 2.02. The fourth-order valence-corrected chi connectivity index (χ4v) is 1.32. The van der Waals surface area contributed by atoms with E-state index in [1.807, 2.05) is 6.92 Å². The van der Waals surface area contributed by atoms with E-state index >= 15 is 0 Å². The zero-order chi connectivity index (χ0) is 8.10. The Labute approximate surface area is 68.9 Å². The van der Waals surface area contributed by atoms with E-state index < -0.39 is 0 Å². The molecule has 0 bridgehead atoms. The molecule has 2 atom stereocenters. The van der Waals surface area contributed by atoms with E-state index in [1.54, 1.807) is 0 Å². The Morgan fingerprint density at radius 3 is 3.09 bits per heavy atom. The highest BCUT2D eigenvalue weighted by Crippen LogP contribution is 2.10. The lowest BCUT2D eigenvalue weighted by Gasteiger charge is -2.19. The molecule has 0 radical (unpaired) electrons. The Morgan fingerprint density at radius 1 is 1.73 bits per heavy atom. The molecule has 1 heteroatoms. The van der Waals surface area contributed by atoms with Gasteiger partial charge >= 0.3 is 0 Å². The summed E-state index contributed by atoms with van der Waals surface area (Å²) in [7, 11) is 0. The van der Waals surface area contributed by atoms with Crippen molar-refractivity contribution in [1.29, 1.82) is 0 Å². The van der Waals surface area contributed by atoms with E-state index in [0.717, 1.165) is 0 Å². The minimum atomic E-state index is 0.197. The van der Waals surface area contributed by atoms with Crippen LogP contribution in [0.2, 0.25) is 0 Å². The lowest BCUT2D eigenvalue weighted by molar-refractivity contribution is 0.504. The molecule has 0 aliphatic heterocycles. The predicted octanol–water partition coefficient (Wildman–Crippen LogP) is 1.71. The molecule has 1 aliphatic carbocycles. The normalized spacial score (nSPS) is 26.0. The molecule has 60 valence electrons. The summed E-state index contributed by atoms with van der Waals surface area (Å²) < 4.78 is 0. The summed E-state index contributed by atoms with van der Waals surface area (Å²) in [6, 6.07) is 0.706. The van der Waals surface area contributed by atoms with Crippen LogP contribution in [0.25, 0.3) is 0 Å². The Bertz CT molecular complexity index is 176. The third-order valence-electron chi connectivity index (χ3n) is 1.97. The summed E-state index contributed by atoms with van der Waals surface area (Å²) in [4.78, 5) is 0. The van der Waals surface area contributed by atoms with Crippen molar-refractivity contribution in [1.82, 2.24) is 5.32 Å². The van der Waals surface area contributed by atoms with Crippen LogP contribution in [0.4, 0.5) is 0 Å². The van der Waals surface area contributed by atoms with Crippen LogP contribution in [0.1, 0.15) is 26.2 Å². The van der Waals surface area contributed by atoms with Gasteiger partial charge in [-0.1, -0.05) is 18.1 Å². The number of rotatable bonds is 2. The van der Waals surface area contributed by atoms with Gasteiger partial charge in [-0.05, 0) is 26.2 Å². The van der Waals surface area contributed by atoms with Crippen LogP contribution in [0.5, 0.6) is 0 Å². The molecule has 1 N–H and O–H groups in total. The molecule has 0 amide bonds. The number of allylic oxidation sites excluding steroid dienone is 1. The Hall–Kier alpha value is -0.740. The van der Waals surface area contributed by atoms with Gasteiger partial charge in [-0.15, -0.1) is 6.42 Å². The standard InChI is InChI=1S/C10H15N/c1-3-9(2)11-10-7-5-4-6-8-10/h1,5,7,9-11H,4,6,8H2,2H3. The lowest BCUT2D eigenvalue weighted by atomic mass is 10.0. The fourth-order valence-electron chi connectivity index (χ4n) is 1.32. The zero-order valence-electron chi connectivity index (χ0n) is 7.01. The quantitative estimate of drug-likeness (QED) is 0.465. The van der Waals surface area contributed by atoms with E-state index in [1.165, 1.54) is 19.3 Å². The van der Waals surface area contributed by atoms with Gasteiger partial charge < -0.3 is 0 Å². The number of terminal acetylenes is 1. The first-order valence-corrected chi connectivity index (χ1v) is 4.22. The topological polar surface area (TPSA) is 12.0 Å². The van der Waals surface area contributed by atoms with Gasteiger partial charge in [0, 0.05) is 6.04 Å². The second-order valence-electron chi connectivity index (χ2n) is 3.02. The van der Waals surface area contributed by atoms with E-state index in [2.05, 4.69) is 23.4 Å². The van der Waals surface area contributed by atoms with Gasteiger partial charge in [-0.3, -0.25) is 5.32 Å². The maximum absolute atomic E-state index is 5.25. The highest BCUT2D eigenvalue weighted by Gasteiger charge is 2.08. The first-order chi connectivity index (χ1) is 5.33. The Kier molecular flexibility index (Phi) is 3.19. The molecular formula is C10H15N. The number of hydrogen-bond acceptors (Lipinski definition) is 1. The van der Waals surface area contributed by atoms with E-state index in [9.17, 15) is 0 Å². The van der Waals surface area contributed by atoms with Gasteiger partial charge in [0.25, 0.3) is 0 Å². The maximum atomic E-state index is 5.25. The molecule has 0 saturated heterocycles. The number of hydrogen-bond donors (Lipinski definition) is 1. The Balaban J connectivity index is 2.31. The summed E-state index contributed by atoms with van der Waals surface area (Å²) in [5.74, 6) is 2.67. The minimum absolute atomic E-state index is 0.197. The average molecular weight is 149 g/mol. The molecule has 0 heterocycles. The molecule has 1 aliphatic rings. The van der Waals surface area contributed by atoms with Crippen LogP contribution in [0.3, 0.4) is 0 Å². The smallest absolute Gasteiger partial charge is 0.0662 e. The lowest BCUT2D eigenvalue weighted by Crippen LogP contribution is -2.34. The fraction of sp³-hybridized carbons (Fsp3) is 0.600. The molecule has 2 unspecified atom stereocenters. The summed E-state index contributed by atoms with van der Waals surface area (Å²) in [6.07, 6.45) is 13.4. The molecule has 1 rings (SSSR count). The number of nitrogens with one attached hydrogen (secondary N) is 1. The van der Waals surface area contributed by atoms with Gasteiger partial charge in [-0.25, -0.2) is 0 Å².